The highest BCUT2D eigenvalue weighted by atomic mass is 16.5. The molecule has 1 rings (SSSR count). The Balaban J connectivity index is 2.41. The second-order valence-electron chi connectivity index (χ2n) is 1.84. The summed E-state index contributed by atoms with van der Waals surface area (Å²) >= 11 is 0. The van der Waals surface area contributed by atoms with E-state index < -0.39 is 0 Å². The minimum absolute atomic E-state index is 0.0486. The number of carbonyl (C=O) groups excluding carboxylic acids is 1. The number of nitrogens with zero attached hydrogens (tertiary/aromatic N) is 1. The predicted octanol–water partition coefficient (Wildman–Crippen LogP) is -0.0113. The number of ether oxygens (including phenoxy) is 1. The number of hydrogen-bond acceptors (Lipinski definition) is 2. The van der Waals surface area contributed by atoms with Gasteiger partial charge in [-0.15, -0.1) is 0 Å². The molecule has 0 saturated carbocycles. The van der Waals surface area contributed by atoms with Gasteiger partial charge in [-0.05, 0) is 6.08 Å². The molecule has 0 radical (unpaired) electrons. The highest BCUT2D eigenvalue weighted by molar-refractivity contribution is 5.86. The van der Waals surface area contributed by atoms with Gasteiger partial charge in [-0.3, -0.25) is 4.79 Å². The normalized spacial score (nSPS) is 18.0. The van der Waals surface area contributed by atoms with Crippen molar-refractivity contribution < 1.29 is 9.53 Å². The fourth-order valence-corrected chi connectivity index (χ4v) is 0.717. The summed E-state index contributed by atoms with van der Waals surface area (Å²) in [6, 6.07) is 0. The van der Waals surface area contributed by atoms with Crippen LogP contribution in [-0.2, 0) is 9.53 Å². The van der Waals surface area contributed by atoms with Crippen LogP contribution in [0.15, 0.2) is 12.7 Å². The standard InChI is InChI=1S/C6H9NO2/c1-2-6(8)7-3-4-9-5-7/h2H,1,3-5H2. The zero-order valence-electron chi connectivity index (χ0n) is 5.17. The lowest BCUT2D eigenvalue weighted by Crippen LogP contribution is -2.25. The van der Waals surface area contributed by atoms with Crippen molar-refractivity contribution in [3.8, 4) is 0 Å². The molecule has 3 heteroatoms. The molecule has 1 heterocycles. The van der Waals surface area contributed by atoms with Gasteiger partial charge in [-0.1, -0.05) is 6.58 Å². The monoisotopic (exact) mass is 127 g/mol. The van der Waals surface area contributed by atoms with Crippen molar-refractivity contribution in [2.75, 3.05) is 19.9 Å². The Morgan fingerprint density at radius 1 is 1.78 bits per heavy atom. The van der Waals surface area contributed by atoms with Gasteiger partial charge in [0.15, 0.2) is 0 Å². The van der Waals surface area contributed by atoms with Crippen LogP contribution in [0.2, 0.25) is 0 Å². The summed E-state index contributed by atoms with van der Waals surface area (Å²) in [5.41, 5.74) is 0. The van der Waals surface area contributed by atoms with Crippen LogP contribution in [-0.4, -0.2) is 30.7 Å². The van der Waals surface area contributed by atoms with Crippen LogP contribution in [0.5, 0.6) is 0 Å². The third-order valence-corrected chi connectivity index (χ3v) is 1.24. The van der Waals surface area contributed by atoms with Gasteiger partial charge >= 0.3 is 0 Å². The molecule has 1 aliphatic rings. The molecule has 0 unspecified atom stereocenters. The third-order valence-electron chi connectivity index (χ3n) is 1.24. The highest BCUT2D eigenvalue weighted by Crippen LogP contribution is 1.98. The maximum atomic E-state index is 10.7. The first kappa shape index (κ1) is 6.29. The summed E-state index contributed by atoms with van der Waals surface area (Å²) in [6.07, 6.45) is 1.30. The molecule has 0 aliphatic carbocycles. The summed E-state index contributed by atoms with van der Waals surface area (Å²) in [5, 5.41) is 0. The fraction of sp³-hybridized carbons (Fsp3) is 0.500. The number of rotatable bonds is 1. The number of amides is 1. The molecule has 50 valence electrons. The van der Waals surface area contributed by atoms with E-state index in [1.807, 2.05) is 0 Å². The van der Waals surface area contributed by atoms with E-state index in [0.29, 0.717) is 19.9 Å². The van der Waals surface area contributed by atoms with Gasteiger partial charge in [0.25, 0.3) is 0 Å². The Labute approximate surface area is 53.9 Å². The maximum absolute atomic E-state index is 10.7. The zero-order chi connectivity index (χ0) is 6.69. The molecular weight excluding hydrogens is 118 g/mol. The van der Waals surface area contributed by atoms with Crippen molar-refractivity contribution in [1.29, 1.82) is 0 Å². The molecular formula is C6H9NO2. The smallest absolute Gasteiger partial charge is 0.247 e. The summed E-state index contributed by atoms with van der Waals surface area (Å²) in [6.45, 7) is 5.13. The first-order valence-electron chi connectivity index (χ1n) is 2.83. The van der Waals surface area contributed by atoms with Gasteiger partial charge in [-0.25, -0.2) is 0 Å². The molecule has 0 aromatic rings. The second-order valence-corrected chi connectivity index (χ2v) is 1.84. The Hall–Kier alpha value is -0.830. The van der Waals surface area contributed by atoms with E-state index >= 15 is 0 Å². The minimum atomic E-state index is -0.0486. The SMILES string of the molecule is C=CC(=O)N1CCOC1. The van der Waals surface area contributed by atoms with Crippen molar-refractivity contribution in [3.05, 3.63) is 12.7 Å². The summed E-state index contributed by atoms with van der Waals surface area (Å²) in [7, 11) is 0. The summed E-state index contributed by atoms with van der Waals surface area (Å²) in [4.78, 5) is 12.3. The minimum Gasteiger partial charge on any atom is -0.359 e. The number of carbonyl (C=O) groups is 1. The quantitative estimate of drug-likeness (QED) is 0.463. The average Bonchev–Trinajstić information content (AvgIpc) is 2.37. The largest absolute Gasteiger partial charge is 0.359 e. The molecule has 0 atom stereocenters. The zero-order valence-corrected chi connectivity index (χ0v) is 5.17. The lowest BCUT2D eigenvalue weighted by molar-refractivity contribution is -0.126. The van der Waals surface area contributed by atoms with E-state index in [1.165, 1.54) is 6.08 Å². The van der Waals surface area contributed by atoms with E-state index in [-0.39, 0.29) is 5.91 Å². The Morgan fingerprint density at radius 2 is 2.56 bits per heavy atom. The molecule has 0 aromatic heterocycles. The van der Waals surface area contributed by atoms with Crippen molar-refractivity contribution in [2.24, 2.45) is 0 Å². The first-order chi connectivity index (χ1) is 4.34. The second kappa shape index (κ2) is 2.64. The van der Waals surface area contributed by atoms with Crippen LogP contribution in [0, 0.1) is 0 Å². The van der Waals surface area contributed by atoms with Crippen LogP contribution in [0.1, 0.15) is 0 Å². The van der Waals surface area contributed by atoms with E-state index in [2.05, 4.69) is 6.58 Å². The topological polar surface area (TPSA) is 29.5 Å². The molecule has 0 aromatic carbocycles. The van der Waals surface area contributed by atoms with Crippen molar-refractivity contribution >= 4 is 5.91 Å². The van der Waals surface area contributed by atoms with E-state index in [0.717, 1.165) is 0 Å². The summed E-state index contributed by atoms with van der Waals surface area (Å²) < 4.78 is 4.94. The molecule has 1 saturated heterocycles. The third kappa shape index (κ3) is 1.29. The van der Waals surface area contributed by atoms with Crippen LogP contribution < -0.4 is 0 Å². The van der Waals surface area contributed by atoms with Crippen LogP contribution in [0.4, 0.5) is 0 Å². The Kier molecular flexibility index (Phi) is 1.85. The van der Waals surface area contributed by atoms with E-state index in [9.17, 15) is 4.79 Å². The van der Waals surface area contributed by atoms with Gasteiger partial charge in [0, 0.05) is 6.54 Å². The Morgan fingerprint density at radius 3 is 3.00 bits per heavy atom. The molecule has 1 fully saturated rings. The molecule has 0 N–H and O–H groups in total. The average molecular weight is 127 g/mol. The fourth-order valence-electron chi connectivity index (χ4n) is 0.717. The molecule has 1 aliphatic heterocycles. The van der Waals surface area contributed by atoms with Gasteiger partial charge < -0.3 is 9.64 Å². The maximum Gasteiger partial charge on any atom is 0.247 e. The molecule has 9 heavy (non-hydrogen) atoms. The molecule has 0 bridgehead atoms. The van der Waals surface area contributed by atoms with Crippen molar-refractivity contribution in [2.45, 2.75) is 0 Å². The van der Waals surface area contributed by atoms with E-state index in [1.54, 1.807) is 4.90 Å². The van der Waals surface area contributed by atoms with Gasteiger partial charge in [0.2, 0.25) is 5.91 Å². The first-order valence-corrected chi connectivity index (χ1v) is 2.83. The van der Waals surface area contributed by atoms with Gasteiger partial charge in [0.1, 0.15) is 6.73 Å². The predicted molar refractivity (Wildman–Crippen MR) is 32.7 cm³/mol. The lowest BCUT2D eigenvalue weighted by atomic mass is 10.5. The van der Waals surface area contributed by atoms with Gasteiger partial charge in [0.05, 0.1) is 6.61 Å². The van der Waals surface area contributed by atoms with Crippen molar-refractivity contribution in [3.63, 3.8) is 0 Å². The number of hydrogen-bond donors (Lipinski definition) is 0. The molecule has 0 spiro atoms. The Bertz CT molecular complexity index is 127. The van der Waals surface area contributed by atoms with Crippen LogP contribution in [0.25, 0.3) is 0 Å². The summed E-state index contributed by atoms with van der Waals surface area (Å²) in [5.74, 6) is -0.0486. The van der Waals surface area contributed by atoms with Crippen LogP contribution >= 0.6 is 0 Å². The molecule has 1 amide bonds. The highest BCUT2D eigenvalue weighted by Gasteiger charge is 2.14. The van der Waals surface area contributed by atoms with Crippen molar-refractivity contribution in [1.82, 2.24) is 4.90 Å². The van der Waals surface area contributed by atoms with E-state index in [4.69, 9.17) is 4.74 Å². The van der Waals surface area contributed by atoms with Crippen LogP contribution in [0.3, 0.4) is 0 Å². The van der Waals surface area contributed by atoms with Gasteiger partial charge in [-0.2, -0.15) is 0 Å². The lowest BCUT2D eigenvalue weighted by Gasteiger charge is -2.08. The molecule has 3 nitrogen and oxygen atoms in total.